The molecule has 0 unspecified atom stereocenters. The molecule has 3 aromatic rings. The van der Waals surface area contributed by atoms with E-state index in [1.54, 1.807) is 36.4 Å². The second kappa shape index (κ2) is 8.46. The molecule has 0 saturated heterocycles. The molecule has 7 heteroatoms. The van der Waals surface area contributed by atoms with Crippen molar-refractivity contribution in [3.05, 3.63) is 76.9 Å². The maximum atomic E-state index is 14.5. The smallest absolute Gasteiger partial charge is 0.259 e. The maximum Gasteiger partial charge on any atom is 0.259 e. The summed E-state index contributed by atoms with van der Waals surface area (Å²) in [6.07, 6.45) is 0.416. The fourth-order valence-electron chi connectivity index (χ4n) is 2.49. The van der Waals surface area contributed by atoms with Gasteiger partial charge in [-0.3, -0.25) is 0 Å². The number of ether oxygens (including phenoxy) is 2. The topological polar surface area (TPSA) is 75.4 Å². The van der Waals surface area contributed by atoms with E-state index in [4.69, 9.17) is 19.8 Å². The second-order valence-corrected chi connectivity index (χ2v) is 5.94. The summed E-state index contributed by atoms with van der Waals surface area (Å²) in [5.41, 5.74) is 0.820. The molecule has 0 radical (unpaired) electrons. The molecule has 0 aliphatic carbocycles. The molecule has 0 fully saturated rings. The van der Waals surface area contributed by atoms with Crippen molar-refractivity contribution in [3.8, 4) is 29.3 Å². The molecule has 0 saturated carbocycles. The Bertz CT molecular complexity index is 1050. The van der Waals surface area contributed by atoms with E-state index in [-0.39, 0.29) is 17.9 Å². The highest BCUT2D eigenvalue weighted by molar-refractivity contribution is 5.41. The molecule has 0 bridgehead atoms. The van der Waals surface area contributed by atoms with Gasteiger partial charge in [-0.05, 0) is 49.2 Å². The lowest BCUT2D eigenvalue weighted by Gasteiger charge is -2.13. The fraction of sp³-hybridized carbons (Fsp3) is 0.143. The van der Waals surface area contributed by atoms with E-state index in [1.165, 1.54) is 19.1 Å². The number of pyridine rings is 1. The minimum absolute atomic E-state index is 0.0362. The molecule has 2 aromatic carbocycles. The van der Waals surface area contributed by atoms with E-state index in [0.717, 1.165) is 5.56 Å². The summed E-state index contributed by atoms with van der Waals surface area (Å²) in [6.45, 7) is 1.21. The SMILES string of the molecule is Cc1c(F)c(Oc2cccc(C#N)c2)nc(Oc2cccc(CCO)c2)c1F. The molecule has 0 aliphatic rings. The van der Waals surface area contributed by atoms with Crippen LogP contribution in [0.3, 0.4) is 0 Å². The minimum Gasteiger partial charge on any atom is -0.436 e. The quantitative estimate of drug-likeness (QED) is 0.671. The van der Waals surface area contributed by atoms with E-state index < -0.39 is 23.4 Å². The molecule has 1 N–H and O–H groups in total. The van der Waals surface area contributed by atoms with Crippen LogP contribution in [-0.4, -0.2) is 16.7 Å². The predicted molar refractivity (Wildman–Crippen MR) is 97.4 cm³/mol. The number of aliphatic hydroxyl groups excluding tert-OH is 1. The van der Waals surface area contributed by atoms with Crippen LogP contribution < -0.4 is 9.47 Å². The minimum atomic E-state index is -0.957. The van der Waals surface area contributed by atoms with Crippen LogP contribution in [0.4, 0.5) is 8.78 Å². The first-order chi connectivity index (χ1) is 13.5. The van der Waals surface area contributed by atoms with E-state index in [2.05, 4.69) is 4.98 Å². The largest absolute Gasteiger partial charge is 0.436 e. The Balaban J connectivity index is 1.94. The van der Waals surface area contributed by atoms with Crippen molar-refractivity contribution < 1.29 is 23.4 Å². The lowest BCUT2D eigenvalue weighted by molar-refractivity contribution is 0.299. The van der Waals surface area contributed by atoms with Gasteiger partial charge >= 0.3 is 0 Å². The van der Waals surface area contributed by atoms with E-state index >= 15 is 0 Å². The summed E-state index contributed by atoms with van der Waals surface area (Å²) in [4.78, 5) is 3.83. The first-order valence-corrected chi connectivity index (χ1v) is 8.43. The lowest BCUT2D eigenvalue weighted by Crippen LogP contribution is -2.02. The Hall–Kier alpha value is -3.50. The Kier molecular flexibility index (Phi) is 5.82. The molecule has 0 aliphatic heterocycles. The fourth-order valence-corrected chi connectivity index (χ4v) is 2.49. The number of rotatable bonds is 6. The number of hydrogen-bond donors (Lipinski definition) is 1. The van der Waals surface area contributed by atoms with Crippen molar-refractivity contribution >= 4 is 0 Å². The van der Waals surface area contributed by atoms with Crippen molar-refractivity contribution in [1.82, 2.24) is 4.98 Å². The molecular formula is C21H16F2N2O3. The highest BCUT2D eigenvalue weighted by Crippen LogP contribution is 2.33. The normalized spacial score (nSPS) is 10.4. The van der Waals surface area contributed by atoms with Crippen molar-refractivity contribution in [1.29, 1.82) is 5.26 Å². The van der Waals surface area contributed by atoms with E-state index in [1.807, 2.05) is 6.07 Å². The lowest BCUT2D eigenvalue weighted by atomic mass is 10.1. The Morgan fingerprint density at radius 3 is 2.21 bits per heavy atom. The third-order valence-corrected chi connectivity index (χ3v) is 3.93. The summed E-state index contributed by atoms with van der Waals surface area (Å²) in [6, 6.07) is 14.8. The number of hydrogen-bond acceptors (Lipinski definition) is 5. The van der Waals surface area contributed by atoms with Gasteiger partial charge in [0.25, 0.3) is 11.8 Å². The summed E-state index contributed by atoms with van der Waals surface area (Å²) < 4.78 is 39.8. The summed E-state index contributed by atoms with van der Waals surface area (Å²) in [7, 11) is 0. The van der Waals surface area contributed by atoms with Crippen LogP contribution in [0.1, 0.15) is 16.7 Å². The maximum absolute atomic E-state index is 14.5. The highest BCUT2D eigenvalue weighted by Gasteiger charge is 2.21. The van der Waals surface area contributed by atoms with Gasteiger partial charge < -0.3 is 14.6 Å². The van der Waals surface area contributed by atoms with Crippen LogP contribution in [0.25, 0.3) is 0 Å². The summed E-state index contributed by atoms with van der Waals surface area (Å²) >= 11 is 0. The number of nitriles is 1. The van der Waals surface area contributed by atoms with Gasteiger partial charge in [0.1, 0.15) is 11.5 Å². The van der Waals surface area contributed by atoms with Gasteiger partial charge in [-0.1, -0.05) is 18.2 Å². The number of aromatic nitrogens is 1. The Labute approximate surface area is 160 Å². The zero-order chi connectivity index (χ0) is 20.1. The van der Waals surface area contributed by atoms with Gasteiger partial charge in [0, 0.05) is 12.2 Å². The van der Waals surface area contributed by atoms with Crippen LogP contribution in [0.5, 0.6) is 23.3 Å². The average Bonchev–Trinajstić information content (AvgIpc) is 2.70. The second-order valence-electron chi connectivity index (χ2n) is 5.94. The molecule has 1 heterocycles. The molecule has 5 nitrogen and oxygen atoms in total. The molecule has 0 atom stereocenters. The summed E-state index contributed by atoms with van der Waals surface area (Å²) in [5.74, 6) is -2.32. The van der Waals surface area contributed by atoms with Gasteiger partial charge in [-0.15, -0.1) is 0 Å². The van der Waals surface area contributed by atoms with Crippen LogP contribution in [0.2, 0.25) is 0 Å². The monoisotopic (exact) mass is 382 g/mol. The standard InChI is InChI=1S/C21H16F2N2O3/c1-13-18(22)20(27-16-6-2-4-14(10-16)8-9-26)25-21(19(13)23)28-17-7-3-5-15(11-17)12-24/h2-7,10-11,26H,8-9H2,1H3. The van der Waals surface area contributed by atoms with Gasteiger partial charge in [0.2, 0.25) is 0 Å². The van der Waals surface area contributed by atoms with Crippen molar-refractivity contribution in [2.24, 2.45) is 0 Å². The molecular weight excluding hydrogens is 366 g/mol. The van der Waals surface area contributed by atoms with Gasteiger partial charge in [-0.25, -0.2) is 8.78 Å². The van der Waals surface area contributed by atoms with Gasteiger partial charge in [0.05, 0.1) is 11.6 Å². The number of nitrogens with zero attached hydrogens (tertiary/aromatic N) is 2. The number of benzene rings is 2. The van der Waals surface area contributed by atoms with Crippen LogP contribution >= 0.6 is 0 Å². The zero-order valence-corrected chi connectivity index (χ0v) is 14.9. The third kappa shape index (κ3) is 4.24. The molecule has 142 valence electrons. The van der Waals surface area contributed by atoms with Crippen molar-refractivity contribution in [2.75, 3.05) is 6.61 Å². The van der Waals surface area contributed by atoms with Crippen LogP contribution in [0.15, 0.2) is 48.5 Å². The molecule has 0 amide bonds. The average molecular weight is 382 g/mol. The number of halogens is 2. The molecule has 28 heavy (non-hydrogen) atoms. The first-order valence-electron chi connectivity index (χ1n) is 8.43. The first kappa shape index (κ1) is 19.3. The number of aliphatic hydroxyl groups is 1. The van der Waals surface area contributed by atoms with Crippen LogP contribution in [-0.2, 0) is 6.42 Å². The third-order valence-electron chi connectivity index (χ3n) is 3.93. The van der Waals surface area contributed by atoms with Gasteiger partial charge in [0.15, 0.2) is 11.6 Å². The van der Waals surface area contributed by atoms with Crippen molar-refractivity contribution in [3.63, 3.8) is 0 Å². The van der Waals surface area contributed by atoms with Gasteiger partial charge in [-0.2, -0.15) is 10.2 Å². The van der Waals surface area contributed by atoms with E-state index in [0.29, 0.717) is 17.7 Å². The molecule has 1 aromatic heterocycles. The van der Waals surface area contributed by atoms with E-state index in [9.17, 15) is 8.78 Å². The van der Waals surface area contributed by atoms with Crippen molar-refractivity contribution in [2.45, 2.75) is 13.3 Å². The zero-order valence-electron chi connectivity index (χ0n) is 14.9. The summed E-state index contributed by atoms with van der Waals surface area (Å²) in [5, 5.41) is 18.0. The molecule has 0 spiro atoms. The Morgan fingerprint density at radius 1 is 1.00 bits per heavy atom. The van der Waals surface area contributed by atoms with Crippen LogP contribution in [0, 0.1) is 29.9 Å². The molecule has 3 rings (SSSR count). The predicted octanol–water partition coefficient (Wildman–Crippen LogP) is 4.66. The Morgan fingerprint density at radius 2 is 1.61 bits per heavy atom. The highest BCUT2D eigenvalue weighted by atomic mass is 19.1.